The third-order valence-corrected chi connectivity index (χ3v) is 3.08. The van der Waals surface area contributed by atoms with Crippen LogP contribution < -0.4 is 10.6 Å². The van der Waals surface area contributed by atoms with Crippen LogP contribution in [-0.4, -0.2) is 12.5 Å². The van der Waals surface area contributed by atoms with Crippen molar-refractivity contribution in [3.63, 3.8) is 0 Å². The topological polar surface area (TPSA) is 64.9 Å². The Bertz CT molecular complexity index is 656. The quantitative estimate of drug-likeness (QED) is 0.884. The van der Waals surface area contributed by atoms with E-state index in [1.165, 1.54) is 0 Å². The molecule has 4 heteroatoms. The summed E-state index contributed by atoms with van der Waals surface area (Å²) in [4.78, 5) is 12.2. The predicted octanol–water partition coefficient (Wildman–Crippen LogP) is 2.92. The van der Waals surface area contributed by atoms with E-state index in [9.17, 15) is 4.79 Å². The fourth-order valence-corrected chi connectivity index (χ4v) is 2.00. The third kappa shape index (κ3) is 3.83. The molecule has 0 aliphatic carbocycles. The van der Waals surface area contributed by atoms with Crippen LogP contribution in [0.15, 0.2) is 48.5 Å². The van der Waals surface area contributed by atoms with Crippen LogP contribution in [0.1, 0.15) is 28.4 Å². The lowest BCUT2D eigenvalue weighted by Gasteiger charge is -2.11. The maximum Gasteiger partial charge on any atom is 0.253 e. The lowest BCUT2D eigenvalue weighted by Crippen LogP contribution is -2.23. The minimum Gasteiger partial charge on any atom is -0.385 e. The Kier molecular flexibility index (Phi) is 4.94. The summed E-state index contributed by atoms with van der Waals surface area (Å²) in [5.41, 5.74) is 3.04. The number of hydrogen-bond acceptors (Lipinski definition) is 3. The zero-order chi connectivity index (χ0) is 15.1. The first kappa shape index (κ1) is 14.6. The molecule has 0 radical (unpaired) electrons. The van der Waals surface area contributed by atoms with E-state index >= 15 is 0 Å². The molecule has 0 spiro atoms. The van der Waals surface area contributed by atoms with Crippen molar-refractivity contribution in [2.24, 2.45) is 0 Å². The van der Waals surface area contributed by atoms with Gasteiger partial charge in [0.05, 0.1) is 17.2 Å². The van der Waals surface area contributed by atoms with E-state index in [0.29, 0.717) is 17.7 Å². The van der Waals surface area contributed by atoms with Crippen LogP contribution in [-0.2, 0) is 6.54 Å². The van der Waals surface area contributed by atoms with Gasteiger partial charge < -0.3 is 10.6 Å². The molecular formula is C17H17N3O. The van der Waals surface area contributed by atoms with Crippen LogP contribution in [0.3, 0.4) is 0 Å². The molecule has 0 atom stereocenters. The molecule has 106 valence electrons. The number of nitrogens with zero attached hydrogens (tertiary/aromatic N) is 1. The Hall–Kier alpha value is -2.80. The summed E-state index contributed by atoms with van der Waals surface area (Å²) in [6.07, 6.45) is 0. The maximum atomic E-state index is 12.2. The van der Waals surface area contributed by atoms with Gasteiger partial charge in [-0.15, -0.1) is 0 Å². The number of benzene rings is 2. The highest BCUT2D eigenvalue weighted by Gasteiger charge is 2.09. The predicted molar refractivity (Wildman–Crippen MR) is 82.9 cm³/mol. The first-order valence-electron chi connectivity index (χ1n) is 6.84. The average molecular weight is 279 g/mol. The molecule has 0 aliphatic rings. The minimum atomic E-state index is -0.115. The first-order chi connectivity index (χ1) is 10.2. The van der Waals surface area contributed by atoms with Gasteiger partial charge in [0.15, 0.2) is 0 Å². The molecule has 2 rings (SSSR count). The number of para-hydroxylation sites is 1. The first-order valence-corrected chi connectivity index (χ1v) is 6.84. The Labute approximate surface area is 124 Å². The highest BCUT2D eigenvalue weighted by Crippen LogP contribution is 2.14. The monoisotopic (exact) mass is 279 g/mol. The Morgan fingerprint density at radius 2 is 1.86 bits per heavy atom. The highest BCUT2D eigenvalue weighted by atomic mass is 16.1. The van der Waals surface area contributed by atoms with Gasteiger partial charge in [-0.05, 0) is 36.8 Å². The van der Waals surface area contributed by atoms with Gasteiger partial charge in [-0.3, -0.25) is 4.79 Å². The second-order valence-electron chi connectivity index (χ2n) is 4.57. The standard InChI is InChI=1S/C17H17N3O/c1-2-19-16-6-4-3-5-15(16)17(21)20-12-14-9-7-13(11-18)8-10-14/h3-10,19H,2,12H2,1H3,(H,20,21). The van der Waals surface area contributed by atoms with Crippen LogP contribution in [0.2, 0.25) is 0 Å². The smallest absolute Gasteiger partial charge is 0.253 e. The molecule has 2 N–H and O–H groups in total. The van der Waals surface area contributed by atoms with E-state index < -0.39 is 0 Å². The Morgan fingerprint density at radius 3 is 2.52 bits per heavy atom. The van der Waals surface area contributed by atoms with Gasteiger partial charge in [0.25, 0.3) is 5.91 Å². The van der Waals surface area contributed by atoms with Gasteiger partial charge >= 0.3 is 0 Å². The van der Waals surface area contributed by atoms with Crippen LogP contribution in [0.25, 0.3) is 0 Å². The van der Waals surface area contributed by atoms with Gasteiger partial charge in [-0.2, -0.15) is 5.26 Å². The summed E-state index contributed by atoms with van der Waals surface area (Å²) in [6.45, 7) is 3.19. The van der Waals surface area contributed by atoms with Crippen molar-refractivity contribution >= 4 is 11.6 Å². The van der Waals surface area contributed by atoms with Crippen molar-refractivity contribution in [2.45, 2.75) is 13.5 Å². The normalized spacial score (nSPS) is 9.71. The third-order valence-electron chi connectivity index (χ3n) is 3.08. The largest absolute Gasteiger partial charge is 0.385 e. The molecular weight excluding hydrogens is 262 g/mol. The molecule has 0 fully saturated rings. The fraction of sp³-hybridized carbons (Fsp3) is 0.176. The summed E-state index contributed by atoms with van der Waals surface area (Å²) in [5, 5.41) is 14.8. The summed E-state index contributed by atoms with van der Waals surface area (Å²) in [7, 11) is 0. The zero-order valence-corrected chi connectivity index (χ0v) is 11.9. The fourth-order valence-electron chi connectivity index (χ4n) is 2.00. The van der Waals surface area contributed by atoms with E-state index in [1.54, 1.807) is 18.2 Å². The van der Waals surface area contributed by atoms with Crippen molar-refractivity contribution < 1.29 is 4.79 Å². The molecule has 1 amide bonds. The van der Waals surface area contributed by atoms with Gasteiger partial charge in [0.1, 0.15) is 0 Å². The molecule has 0 saturated carbocycles. The van der Waals surface area contributed by atoms with Gasteiger partial charge in [-0.1, -0.05) is 24.3 Å². The number of hydrogen-bond donors (Lipinski definition) is 2. The SMILES string of the molecule is CCNc1ccccc1C(=O)NCc1ccc(C#N)cc1. The van der Waals surface area contributed by atoms with Crippen molar-refractivity contribution in [2.75, 3.05) is 11.9 Å². The average Bonchev–Trinajstić information content (AvgIpc) is 2.54. The summed E-state index contributed by atoms with van der Waals surface area (Å²) < 4.78 is 0. The molecule has 4 nitrogen and oxygen atoms in total. The van der Waals surface area contributed by atoms with E-state index in [-0.39, 0.29) is 5.91 Å². The molecule has 0 unspecified atom stereocenters. The summed E-state index contributed by atoms with van der Waals surface area (Å²) >= 11 is 0. The second kappa shape index (κ2) is 7.11. The van der Waals surface area contributed by atoms with Crippen molar-refractivity contribution in [3.8, 4) is 6.07 Å². The van der Waals surface area contributed by atoms with E-state index in [0.717, 1.165) is 17.8 Å². The lowest BCUT2D eigenvalue weighted by atomic mass is 10.1. The summed E-state index contributed by atoms with van der Waals surface area (Å²) in [6, 6.07) is 16.7. The van der Waals surface area contributed by atoms with E-state index in [4.69, 9.17) is 5.26 Å². The van der Waals surface area contributed by atoms with Crippen LogP contribution >= 0.6 is 0 Å². The number of nitriles is 1. The van der Waals surface area contributed by atoms with E-state index in [2.05, 4.69) is 16.7 Å². The van der Waals surface area contributed by atoms with Crippen LogP contribution in [0.4, 0.5) is 5.69 Å². The minimum absolute atomic E-state index is 0.115. The highest BCUT2D eigenvalue weighted by molar-refractivity contribution is 5.99. The van der Waals surface area contributed by atoms with Gasteiger partial charge in [0.2, 0.25) is 0 Å². The van der Waals surface area contributed by atoms with Crippen molar-refractivity contribution in [1.82, 2.24) is 5.32 Å². The Balaban J connectivity index is 2.03. The van der Waals surface area contributed by atoms with Gasteiger partial charge in [-0.25, -0.2) is 0 Å². The number of amides is 1. The van der Waals surface area contributed by atoms with Gasteiger partial charge in [0, 0.05) is 18.8 Å². The number of rotatable bonds is 5. The Morgan fingerprint density at radius 1 is 1.14 bits per heavy atom. The molecule has 21 heavy (non-hydrogen) atoms. The number of nitrogens with one attached hydrogen (secondary N) is 2. The van der Waals surface area contributed by atoms with Crippen LogP contribution in [0, 0.1) is 11.3 Å². The number of anilines is 1. The zero-order valence-electron chi connectivity index (χ0n) is 11.9. The summed E-state index contributed by atoms with van der Waals surface area (Å²) in [5.74, 6) is -0.115. The number of carbonyl (C=O) groups excluding carboxylic acids is 1. The molecule has 0 saturated heterocycles. The molecule has 0 aromatic heterocycles. The van der Waals surface area contributed by atoms with Crippen molar-refractivity contribution in [3.05, 3.63) is 65.2 Å². The lowest BCUT2D eigenvalue weighted by molar-refractivity contribution is 0.0951. The molecule has 0 bridgehead atoms. The second-order valence-corrected chi connectivity index (χ2v) is 4.57. The van der Waals surface area contributed by atoms with Crippen LogP contribution in [0.5, 0.6) is 0 Å². The molecule has 2 aromatic carbocycles. The van der Waals surface area contributed by atoms with E-state index in [1.807, 2.05) is 37.3 Å². The maximum absolute atomic E-state index is 12.2. The molecule has 2 aromatic rings. The molecule has 0 aliphatic heterocycles. The number of carbonyl (C=O) groups is 1. The van der Waals surface area contributed by atoms with Crippen molar-refractivity contribution in [1.29, 1.82) is 5.26 Å². The molecule has 0 heterocycles.